The molecule has 0 aromatic carbocycles. The summed E-state index contributed by atoms with van der Waals surface area (Å²) in [7, 11) is 0. The van der Waals surface area contributed by atoms with Crippen molar-refractivity contribution in [3.63, 3.8) is 0 Å². The summed E-state index contributed by atoms with van der Waals surface area (Å²) < 4.78 is 5.27. The zero-order valence-electron chi connectivity index (χ0n) is 15.2. The van der Waals surface area contributed by atoms with Gasteiger partial charge < -0.3 is 20.3 Å². The molecule has 1 heterocycles. The molecule has 1 amide bonds. The van der Waals surface area contributed by atoms with Crippen molar-refractivity contribution in [1.29, 1.82) is 0 Å². The van der Waals surface area contributed by atoms with Gasteiger partial charge in [-0.05, 0) is 73.0 Å². The van der Waals surface area contributed by atoms with Gasteiger partial charge in [0.15, 0.2) is 0 Å². The summed E-state index contributed by atoms with van der Waals surface area (Å²) in [5, 5.41) is 6.44. The summed E-state index contributed by atoms with van der Waals surface area (Å²) in [6, 6.07) is 0.551. The quantitative estimate of drug-likeness (QED) is 0.791. The minimum absolute atomic E-state index is 0.0630. The molecule has 0 bridgehead atoms. The SMILES string of the molecule is CCN1CCC(C(C)NCC(C)NC(=O)OC(C)(C)C)CC1. The molecule has 1 saturated heterocycles. The number of likely N-dealkylation sites (tertiary alicyclic amines) is 1. The van der Waals surface area contributed by atoms with Crippen molar-refractivity contribution in [3.05, 3.63) is 0 Å². The van der Waals surface area contributed by atoms with Gasteiger partial charge in [0, 0.05) is 18.6 Å². The van der Waals surface area contributed by atoms with Gasteiger partial charge in [-0.15, -0.1) is 0 Å². The molecule has 0 spiro atoms. The topological polar surface area (TPSA) is 53.6 Å². The molecule has 0 aliphatic carbocycles. The van der Waals surface area contributed by atoms with Crippen LogP contribution in [0.2, 0.25) is 0 Å². The standard InChI is InChI=1S/C17H35N3O2/c1-7-20-10-8-15(9-11-20)14(3)18-12-13(2)19-16(21)22-17(4,5)6/h13-15,18H,7-12H2,1-6H3,(H,19,21). The minimum Gasteiger partial charge on any atom is -0.444 e. The lowest BCUT2D eigenvalue weighted by Crippen LogP contribution is -2.47. The number of ether oxygens (including phenoxy) is 1. The molecule has 0 radical (unpaired) electrons. The lowest BCUT2D eigenvalue weighted by molar-refractivity contribution is 0.0506. The number of amides is 1. The van der Waals surface area contributed by atoms with Gasteiger partial charge in [0.2, 0.25) is 0 Å². The Morgan fingerprint density at radius 1 is 1.27 bits per heavy atom. The van der Waals surface area contributed by atoms with Gasteiger partial charge in [0.05, 0.1) is 0 Å². The van der Waals surface area contributed by atoms with Crippen LogP contribution in [0, 0.1) is 5.92 Å². The number of carbonyl (C=O) groups is 1. The van der Waals surface area contributed by atoms with Crippen molar-refractivity contribution < 1.29 is 9.53 Å². The van der Waals surface area contributed by atoms with E-state index in [2.05, 4.69) is 29.4 Å². The Bertz CT molecular complexity index is 333. The van der Waals surface area contributed by atoms with E-state index in [-0.39, 0.29) is 12.1 Å². The van der Waals surface area contributed by atoms with E-state index in [0.29, 0.717) is 6.04 Å². The Morgan fingerprint density at radius 3 is 2.36 bits per heavy atom. The summed E-state index contributed by atoms with van der Waals surface area (Å²) in [4.78, 5) is 14.2. The third kappa shape index (κ3) is 7.45. The Morgan fingerprint density at radius 2 is 1.86 bits per heavy atom. The van der Waals surface area contributed by atoms with Crippen molar-refractivity contribution in [2.45, 2.75) is 72.1 Å². The molecular weight excluding hydrogens is 278 g/mol. The second kappa shape index (κ2) is 8.73. The van der Waals surface area contributed by atoms with Crippen LogP contribution in [-0.4, -0.2) is 54.9 Å². The summed E-state index contributed by atoms with van der Waals surface area (Å²) in [6.45, 7) is 16.5. The third-order valence-electron chi connectivity index (χ3n) is 4.30. The smallest absolute Gasteiger partial charge is 0.407 e. The number of nitrogens with zero attached hydrogens (tertiary/aromatic N) is 1. The molecule has 0 aromatic heterocycles. The van der Waals surface area contributed by atoms with Crippen molar-refractivity contribution in [2.75, 3.05) is 26.2 Å². The molecule has 2 atom stereocenters. The average Bonchev–Trinajstić information content (AvgIpc) is 2.42. The monoisotopic (exact) mass is 313 g/mol. The van der Waals surface area contributed by atoms with Crippen LogP contribution in [0.15, 0.2) is 0 Å². The van der Waals surface area contributed by atoms with Crippen LogP contribution in [0.4, 0.5) is 4.79 Å². The number of piperidine rings is 1. The normalized spacial score (nSPS) is 20.5. The Labute approximate surface area is 136 Å². The van der Waals surface area contributed by atoms with Crippen LogP contribution in [0.5, 0.6) is 0 Å². The first-order chi connectivity index (χ1) is 10.2. The van der Waals surface area contributed by atoms with E-state index in [9.17, 15) is 4.79 Å². The molecule has 1 fully saturated rings. The Hall–Kier alpha value is -0.810. The van der Waals surface area contributed by atoms with Gasteiger partial charge in [-0.1, -0.05) is 6.92 Å². The van der Waals surface area contributed by atoms with E-state index in [4.69, 9.17) is 4.74 Å². The van der Waals surface area contributed by atoms with E-state index in [1.54, 1.807) is 0 Å². The van der Waals surface area contributed by atoms with Crippen LogP contribution < -0.4 is 10.6 Å². The number of alkyl carbamates (subject to hydrolysis) is 1. The van der Waals surface area contributed by atoms with E-state index in [0.717, 1.165) is 19.0 Å². The average molecular weight is 313 g/mol. The summed E-state index contributed by atoms with van der Waals surface area (Å²) in [6.07, 6.45) is 2.18. The maximum atomic E-state index is 11.7. The molecule has 0 aromatic rings. The van der Waals surface area contributed by atoms with Crippen molar-refractivity contribution >= 4 is 6.09 Å². The number of rotatable bonds is 6. The molecule has 1 rings (SSSR count). The zero-order chi connectivity index (χ0) is 16.8. The molecule has 1 aliphatic heterocycles. The van der Waals surface area contributed by atoms with Gasteiger partial charge in [0.25, 0.3) is 0 Å². The Balaban J connectivity index is 2.23. The van der Waals surface area contributed by atoms with Gasteiger partial charge in [0.1, 0.15) is 5.60 Å². The fraction of sp³-hybridized carbons (Fsp3) is 0.941. The van der Waals surface area contributed by atoms with E-state index >= 15 is 0 Å². The maximum Gasteiger partial charge on any atom is 0.407 e. The second-order valence-electron chi connectivity index (χ2n) is 7.52. The zero-order valence-corrected chi connectivity index (χ0v) is 15.2. The first-order valence-electron chi connectivity index (χ1n) is 8.66. The molecule has 22 heavy (non-hydrogen) atoms. The number of nitrogens with one attached hydrogen (secondary N) is 2. The highest BCUT2D eigenvalue weighted by Gasteiger charge is 2.23. The van der Waals surface area contributed by atoms with E-state index in [1.807, 2.05) is 27.7 Å². The highest BCUT2D eigenvalue weighted by molar-refractivity contribution is 5.68. The van der Waals surface area contributed by atoms with Crippen LogP contribution in [0.3, 0.4) is 0 Å². The predicted octanol–water partition coefficient (Wildman–Crippen LogP) is 2.61. The lowest BCUT2D eigenvalue weighted by atomic mass is 9.90. The molecule has 2 N–H and O–H groups in total. The minimum atomic E-state index is -0.447. The van der Waals surface area contributed by atoms with Crippen molar-refractivity contribution in [3.8, 4) is 0 Å². The molecule has 5 nitrogen and oxygen atoms in total. The number of hydrogen-bond donors (Lipinski definition) is 2. The molecular formula is C17H35N3O2. The van der Waals surface area contributed by atoms with Gasteiger partial charge in [-0.3, -0.25) is 0 Å². The number of carbonyl (C=O) groups excluding carboxylic acids is 1. The predicted molar refractivity (Wildman–Crippen MR) is 91.1 cm³/mol. The van der Waals surface area contributed by atoms with Crippen LogP contribution in [0.1, 0.15) is 54.4 Å². The molecule has 1 aliphatic rings. The highest BCUT2D eigenvalue weighted by Crippen LogP contribution is 2.20. The number of hydrogen-bond acceptors (Lipinski definition) is 4. The molecule has 2 unspecified atom stereocenters. The van der Waals surface area contributed by atoms with Gasteiger partial charge in [-0.2, -0.15) is 0 Å². The second-order valence-corrected chi connectivity index (χ2v) is 7.52. The first kappa shape index (κ1) is 19.2. The summed E-state index contributed by atoms with van der Waals surface area (Å²) in [5.41, 5.74) is -0.447. The highest BCUT2D eigenvalue weighted by atomic mass is 16.6. The maximum absolute atomic E-state index is 11.7. The molecule has 0 saturated carbocycles. The van der Waals surface area contributed by atoms with Crippen molar-refractivity contribution in [1.82, 2.24) is 15.5 Å². The fourth-order valence-corrected chi connectivity index (χ4v) is 2.86. The van der Waals surface area contributed by atoms with E-state index in [1.165, 1.54) is 25.9 Å². The molecule has 5 heteroatoms. The molecule has 130 valence electrons. The van der Waals surface area contributed by atoms with Crippen molar-refractivity contribution in [2.24, 2.45) is 5.92 Å². The summed E-state index contributed by atoms with van der Waals surface area (Å²) in [5.74, 6) is 0.733. The lowest BCUT2D eigenvalue weighted by Gasteiger charge is -2.35. The summed E-state index contributed by atoms with van der Waals surface area (Å²) >= 11 is 0. The first-order valence-corrected chi connectivity index (χ1v) is 8.66. The fourth-order valence-electron chi connectivity index (χ4n) is 2.86. The van der Waals surface area contributed by atoms with Gasteiger partial charge in [-0.25, -0.2) is 4.79 Å². The van der Waals surface area contributed by atoms with E-state index < -0.39 is 5.60 Å². The Kier molecular flexibility index (Phi) is 7.63. The largest absolute Gasteiger partial charge is 0.444 e. The van der Waals surface area contributed by atoms with Crippen LogP contribution in [0.25, 0.3) is 0 Å². The van der Waals surface area contributed by atoms with Crippen LogP contribution >= 0.6 is 0 Å². The van der Waals surface area contributed by atoms with Crippen LogP contribution in [-0.2, 0) is 4.74 Å². The van der Waals surface area contributed by atoms with Gasteiger partial charge >= 0.3 is 6.09 Å². The third-order valence-corrected chi connectivity index (χ3v) is 4.30.